The molecule has 0 aliphatic rings. The lowest BCUT2D eigenvalue weighted by Gasteiger charge is -2.19. The summed E-state index contributed by atoms with van der Waals surface area (Å²) in [6, 6.07) is 8.62. The predicted octanol–water partition coefficient (Wildman–Crippen LogP) is 1.79. The number of fused-ring (bicyclic) bond motifs is 1. The zero-order chi connectivity index (χ0) is 15.2. The number of carbonyl (C=O) groups excluding carboxylic acids is 1. The van der Waals surface area contributed by atoms with Gasteiger partial charge in [0.15, 0.2) is 5.43 Å². The van der Waals surface area contributed by atoms with Gasteiger partial charge in [0, 0.05) is 24.5 Å². The van der Waals surface area contributed by atoms with Gasteiger partial charge in [-0.15, -0.1) is 0 Å². The molecule has 0 amide bonds. The van der Waals surface area contributed by atoms with Crippen molar-refractivity contribution < 1.29 is 4.79 Å². The van der Waals surface area contributed by atoms with Crippen LogP contribution < -0.4 is 10.7 Å². The van der Waals surface area contributed by atoms with Crippen molar-refractivity contribution in [3.8, 4) is 0 Å². The molecule has 0 saturated heterocycles. The van der Waals surface area contributed by atoms with E-state index in [9.17, 15) is 9.59 Å². The van der Waals surface area contributed by atoms with Gasteiger partial charge in [-0.25, -0.2) is 0 Å². The molecular formula is C16H21N3O2. The molecule has 21 heavy (non-hydrogen) atoms. The largest absolute Gasteiger partial charge is 0.370 e. The lowest BCUT2D eigenvalue weighted by molar-refractivity contribution is 0.316. The lowest BCUT2D eigenvalue weighted by atomic mass is 10.2. The van der Waals surface area contributed by atoms with Gasteiger partial charge in [-0.1, -0.05) is 26.0 Å². The standard InChI is InChI=1S/C16H21N3O2/c1-3-18(4-2)10-9-17-16-11-15(21)13-7-5-6-8-14(13)19(16)12-20/h5-8,11-12,17H,3-4,9-10H2,1-2H3. The summed E-state index contributed by atoms with van der Waals surface area (Å²) in [4.78, 5) is 25.7. The maximum atomic E-state index is 12.1. The number of carbonyl (C=O) groups is 1. The SMILES string of the molecule is CCN(CC)CCNc1cc(=O)c2ccccc2n1C=O. The van der Waals surface area contributed by atoms with Gasteiger partial charge in [-0.2, -0.15) is 0 Å². The number of nitrogens with zero attached hydrogens (tertiary/aromatic N) is 2. The minimum atomic E-state index is -0.0750. The highest BCUT2D eigenvalue weighted by Gasteiger charge is 2.08. The van der Waals surface area contributed by atoms with E-state index in [1.165, 1.54) is 10.6 Å². The summed E-state index contributed by atoms with van der Waals surface area (Å²) in [7, 11) is 0. The van der Waals surface area contributed by atoms with Gasteiger partial charge in [0.25, 0.3) is 0 Å². The Bertz CT molecular complexity index is 675. The van der Waals surface area contributed by atoms with Gasteiger partial charge in [0.2, 0.25) is 6.41 Å². The van der Waals surface area contributed by atoms with Crippen molar-refractivity contribution >= 4 is 23.1 Å². The van der Waals surface area contributed by atoms with Crippen molar-refractivity contribution in [2.45, 2.75) is 13.8 Å². The van der Waals surface area contributed by atoms with E-state index < -0.39 is 0 Å². The van der Waals surface area contributed by atoms with Crippen LogP contribution in [0.5, 0.6) is 0 Å². The first-order chi connectivity index (χ1) is 10.2. The summed E-state index contributed by atoms with van der Waals surface area (Å²) >= 11 is 0. The number of aromatic nitrogens is 1. The number of hydrogen-bond donors (Lipinski definition) is 1. The number of nitrogens with one attached hydrogen (secondary N) is 1. The van der Waals surface area contributed by atoms with Crippen molar-refractivity contribution in [2.75, 3.05) is 31.5 Å². The summed E-state index contributed by atoms with van der Waals surface area (Å²) in [5, 5.41) is 3.74. The van der Waals surface area contributed by atoms with E-state index in [-0.39, 0.29) is 5.43 Å². The van der Waals surface area contributed by atoms with Crippen molar-refractivity contribution in [1.29, 1.82) is 0 Å². The van der Waals surface area contributed by atoms with Crippen LogP contribution in [-0.4, -0.2) is 42.1 Å². The van der Waals surface area contributed by atoms with E-state index in [2.05, 4.69) is 24.1 Å². The van der Waals surface area contributed by atoms with Crippen LogP contribution in [-0.2, 0) is 4.79 Å². The van der Waals surface area contributed by atoms with Crippen LogP contribution in [0, 0.1) is 0 Å². The number of hydrogen-bond acceptors (Lipinski definition) is 4. The van der Waals surface area contributed by atoms with Crippen LogP contribution in [0.4, 0.5) is 5.82 Å². The molecule has 0 aliphatic heterocycles. The maximum Gasteiger partial charge on any atom is 0.219 e. The second-order valence-corrected chi connectivity index (χ2v) is 4.84. The minimum Gasteiger partial charge on any atom is -0.370 e. The normalized spacial score (nSPS) is 11.0. The van der Waals surface area contributed by atoms with Crippen molar-refractivity contribution in [3.63, 3.8) is 0 Å². The lowest BCUT2D eigenvalue weighted by Crippen LogP contribution is -2.29. The fraction of sp³-hybridized carbons (Fsp3) is 0.375. The molecule has 1 aromatic heterocycles. The number of benzene rings is 1. The molecule has 5 heteroatoms. The van der Waals surface area contributed by atoms with Crippen molar-refractivity contribution in [2.24, 2.45) is 0 Å². The number of para-hydroxylation sites is 1. The molecule has 0 saturated carbocycles. The molecule has 2 rings (SSSR count). The molecule has 2 aromatic rings. The second kappa shape index (κ2) is 7.04. The minimum absolute atomic E-state index is 0.0750. The molecule has 112 valence electrons. The van der Waals surface area contributed by atoms with Crippen LogP contribution in [0.15, 0.2) is 35.1 Å². The van der Waals surface area contributed by atoms with E-state index in [4.69, 9.17) is 0 Å². The molecule has 1 aromatic carbocycles. The molecule has 0 atom stereocenters. The van der Waals surface area contributed by atoms with E-state index in [1.807, 2.05) is 6.07 Å². The smallest absolute Gasteiger partial charge is 0.219 e. The topological polar surface area (TPSA) is 54.3 Å². The van der Waals surface area contributed by atoms with Gasteiger partial charge in [-0.05, 0) is 25.2 Å². The Kier molecular flexibility index (Phi) is 5.11. The predicted molar refractivity (Wildman–Crippen MR) is 86.6 cm³/mol. The van der Waals surface area contributed by atoms with Crippen molar-refractivity contribution in [3.05, 3.63) is 40.6 Å². The molecule has 0 spiro atoms. The van der Waals surface area contributed by atoms with Crippen LogP contribution >= 0.6 is 0 Å². The van der Waals surface area contributed by atoms with Crippen LogP contribution in [0.25, 0.3) is 10.9 Å². The molecule has 1 N–H and O–H groups in total. The third kappa shape index (κ3) is 3.31. The molecule has 0 bridgehead atoms. The first-order valence-electron chi connectivity index (χ1n) is 7.27. The summed E-state index contributed by atoms with van der Waals surface area (Å²) in [6.07, 6.45) is 0.738. The Balaban J connectivity index is 2.27. The van der Waals surface area contributed by atoms with Gasteiger partial charge in [0.05, 0.1) is 5.52 Å². The second-order valence-electron chi connectivity index (χ2n) is 4.84. The van der Waals surface area contributed by atoms with Gasteiger partial charge >= 0.3 is 0 Å². The van der Waals surface area contributed by atoms with Gasteiger partial charge < -0.3 is 10.2 Å². The van der Waals surface area contributed by atoms with Gasteiger partial charge in [0.1, 0.15) is 5.82 Å². The Labute approximate surface area is 124 Å². The van der Waals surface area contributed by atoms with Crippen LogP contribution in [0.1, 0.15) is 13.8 Å². The first-order valence-corrected chi connectivity index (χ1v) is 7.27. The highest BCUT2D eigenvalue weighted by molar-refractivity contribution is 5.87. The fourth-order valence-corrected chi connectivity index (χ4v) is 2.42. The summed E-state index contributed by atoms with van der Waals surface area (Å²) < 4.78 is 1.49. The Hall–Kier alpha value is -2.14. The zero-order valence-corrected chi connectivity index (χ0v) is 12.5. The highest BCUT2D eigenvalue weighted by Crippen LogP contribution is 2.14. The molecule has 5 nitrogen and oxygen atoms in total. The highest BCUT2D eigenvalue weighted by atomic mass is 16.1. The van der Waals surface area contributed by atoms with Crippen LogP contribution in [0.3, 0.4) is 0 Å². The maximum absolute atomic E-state index is 12.1. The Morgan fingerprint density at radius 2 is 1.95 bits per heavy atom. The molecule has 1 heterocycles. The number of anilines is 1. The summed E-state index contributed by atoms with van der Waals surface area (Å²) in [5.74, 6) is 0.542. The van der Waals surface area contributed by atoms with Crippen LogP contribution in [0.2, 0.25) is 0 Å². The summed E-state index contributed by atoms with van der Waals surface area (Å²) in [5.41, 5.74) is 0.555. The summed E-state index contributed by atoms with van der Waals surface area (Å²) in [6.45, 7) is 7.74. The van der Waals surface area contributed by atoms with E-state index in [0.717, 1.165) is 26.0 Å². The number of likely N-dealkylation sites (N-methyl/N-ethyl adjacent to an activating group) is 1. The quantitative estimate of drug-likeness (QED) is 0.789. The molecular weight excluding hydrogens is 266 g/mol. The molecule has 0 fully saturated rings. The average Bonchev–Trinajstić information content (AvgIpc) is 2.52. The molecule has 0 aliphatic carbocycles. The van der Waals surface area contributed by atoms with E-state index in [0.29, 0.717) is 23.3 Å². The third-order valence-corrected chi connectivity index (χ3v) is 3.69. The number of rotatable bonds is 7. The Morgan fingerprint density at radius 1 is 1.24 bits per heavy atom. The zero-order valence-electron chi connectivity index (χ0n) is 12.5. The Morgan fingerprint density at radius 3 is 2.62 bits per heavy atom. The molecule has 0 radical (unpaired) electrons. The number of pyridine rings is 1. The molecule has 0 unspecified atom stereocenters. The average molecular weight is 287 g/mol. The van der Waals surface area contributed by atoms with Crippen molar-refractivity contribution in [1.82, 2.24) is 9.47 Å². The monoisotopic (exact) mass is 287 g/mol. The van der Waals surface area contributed by atoms with E-state index in [1.54, 1.807) is 18.2 Å². The fourth-order valence-electron chi connectivity index (χ4n) is 2.42. The first kappa shape index (κ1) is 15.3. The third-order valence-electron chi connectivity index (χ3n) is 3.69. The van der Waals surface area contributed by atoms with E-state index >= 15 is 0 Å². The van der Waals surface area contributed by atoms with Gasteiger partial charge in [-0.3, -0.25) is 14.2 Å².